The second-order valence-corrected chi connectivity index (χ2v) is 5.38. The average Bonchev–Trinajstić information content (AvgIpc) is 3.05. The molecule has 0 amide bonds. The third-order valence-electron chi connectivity index (χ3n) is 3.79. The van der Waals surface area contributed by atoms with Crippen molar-refractivity contribution in [2.24, 2.45) is 0 Å². The van der Waals surface area contributed by atoms with Crippen LogP contribution >= 0.6 is 0 Å². The second kappa shape index (κ2) is 6.46. The summed E-state index contributed by atoms with van der Waals surface area (Å²) in [6, 6.07) is 8.98. The number of hydrogen-bond donors (Lipinski definition) is 0. The van der Waals surface area contributed by atoms with Crippen molar-refractivity contribution >= 4 is 11.7 Å². The fourth-order valence-electron chi connectivity index (χ4n) is 2.45. The molecule has 0 aliphatic carbocycles. The van der Waals surface area contributed by atoms with Gasteiger partial charge < -0.3 is 4.74 Å². The lowest BCUT2D eigenvalue weighted by Crippen LogP contribution is -2.13. The first-order valence-electron chi connectivity index (χ1n) is 7.39. The molecular weight excluding hydrogens is 306 g/mol. The van der Waals surface area contributed by atoms with Crippen molar-refractivity contribution in [1.82, 2.24) is 19.6 Å². The monoisotopic (exact) mass is 321 g/mol. The number of esters is 1. The van der Waals surface area contributed by atoms with E-state index in [0.717, 1.165) is 22.5 Å². The van der Waals surface area contributed by atoms with Gasteiger partial charge in [0, 0.05) is 17.0 Å². The minimum Gasteiger partial charge on any atom is -0.461 e. The van der Waals surface area contributed by atoms with Crippen molar-refractivity contribution in [3.05, 3.63) is 58.7 Å². The number of nitriles is 1. The number of hydrogen-bond acceptors (Lipinski definition) is 6. The fourth-order valence-corrected chi connectivity index (χ4v) is 2.45. The van der Waals surface area contributed by atoms with Crippen molar-refractivity contribution in [2.45, 2.75) is 26.9 Å². The van der Waals surface area contributed by atoms with Gasteiger partial charge in [-0.25, -0.2) is 9.50 Å². The van der Waals surface area contributed by atoms with Crippen LogP contribution in [0.3, 0.4) is 0 Å². The number of ether oxygens (including phenoxy) is 1. The number of nitrogens with zero attached hydrogens (tertiary/aromatic N) is 5. The Morgan fingerprint density at radius 2 is 2.04 bits per heavy atom. The highest BCUT2D eigenvalue weighted by molar-refractivity contribution is 5.73. The predicted molar refractivity (Wildman–Crippen MR) is 84.9 cm³/mol. The van der Waals surface area contributed by atoms with Crippen LogP contribution in [0, 0.1) is 25.2 Å². The molecule has 1 aromatic carbocycles. The Morgan fingerprint density at radius 3 is 2.75 bits per heavy atom. The number of aromatic nitrogens is 4. The molecule has 0 N–H and O–H groups in total. The van der Waals surface area contributed by atoms with Gasteiger partial charge in [0.2, 0.25) is 0 Å². The van der Waals surface area contributed by atoms with Gasteiger partial charge in [0.15, 0.2) is 0 Å². The van der Waals surface area contributed by atoms with Crippen molar-refractivity contribution in [3.63, 3.8) is 0 Å². The highest BCUT2D eigenvalue weighted by Gasteiger charge is 2.15. The highest BCUT2D eigenvalue weighted by atomic mass is 16.5. The van der Waals surface area contributed by atoms with Crippen LogP contribution in [0.5, 0.6) is 0 Å². The summed E-state index contributed by atoms with van der Waals surface area (Å²) in [7, 11) is 0. The van der Waals surface area contributed by atoms with Gasteiger partial charge in [-0.1, -0.05) is 12.1 Å². The van der Waals surface area contributed by atoms with E-state index in [9.17, 15) is 4.79 Å². The van der Waals surface area contributed by atoms with Gasteiger partial charge in [-0.05, 0) is 31.5 Å². The van der Waals surface area contributed by atoms with Crippen molar-refractivity contribution < 1.29 is 9.53 Å². The molecule has 7 nitrogen and oxygen atoms in total. The molecule has 0 saturated heterocycles. The van der Waals surface area contributed by atoms with E-state index in [1.165, 1.54) is 6.33 Å². The maximum atomic E-state index is 12.1. The van der Waals surface area contributed by atoms with E-state index < -0.39 is 0 Å². The molecular formula is C17H15N5O2. The Labute approximate surface area is 138 Å². The van der Waals surface area contributed by atoms with Crippen molar-refractivity contribution in [2.75, 3.05) is 0 Å². The van der Waals surface area contributed by atoms with Gasteiger partial charge in [0.05, 0.1) is 18.1 Å². The van der Waals surface area contributed by atoms with E-state index in [2.05, 4.69) is 15.1 Å². The summed E-state index contributed by atoms with van der Waals surface area (Å²) < 4.78 is 6.92. The molecule has 2 aromatic heterocycles. The minimum atomic E-state index is -0.341. The molecule has 0 unspecified atom stereocenters. The zero-order valence-electron chi connectivity index (χ0n) is 13.4. The molecule has 0 atom stereocenters. The van der Waals surface area contributed by atoms with E-state index in [1.807, 2.05) is 19.9 Å². The Kier molecular flexibility index (Phi) is 4.20. The average molecular weight is 321 g/mol. The number of benzene rings is 1. The van der Waals surface area contributed by atoms with E-state index in [1.54, 1.807) is 28.8 Å². The molecule has 0 aliphatic heterocycles. The maximum Gasteiger partial charge on any atom is 0.310 e. The van der Waals surface area contributed by atoms with E-state index in [-0.39, 0.29) is 19.0 Å². The lowest BCUT2D eigenvalue weighted by molar-refractivity contribution is -0.144. The van der Waals surface area contributed by atoms with Crippen LogP contribution in [0.1, 0.15) is 28.1 Å². The Balaban J connectivity index is 1.69. The Hall–Kier alpha value is -3.27. The standard InChI is InChI=1S/C17H15N5O2/c1-11-15(12(2)22-17(21-11)19-10-20-22)7-16(23)24-9-14-5-3-13(8-18)4-6-14/h3-6,10H,7,9H2,1-2H3. The number of fused-ring (bicyclic) bond motifs is 1. The minimum absolute atomic E-state index is 0.122. The lowest BCUT2D eigenvalue weighted by Gasteiger charge is -2.10. The second-order valence-electron chi connectivity index (χ2n) is 5.38. The van der Waals surface area contributed by atoms with Crippen LogP contribution in [0.2, 0.25) is 0 Å². The SMILES string of the molecule is Cc1nc2ncnn2c(C)c1CC(=O)OCc1ccc(C#N)cc1. The molecule has 7 heteroatoms. The quantitative estimate of drug-likeness (QED) is 0.681. The number of carbonyl (C=O) groups excluding carboxylic acids is 1. The summed E-state index contributed by atoms with van der Waals surface area (Å²) >= 11 is 0. The predicted octanol–water partition coefficient (Wildman–Crippen LogP) is 1.90. The molecule has 2 heterocycles. The van der Waals surface area contributed by atoms with Gasteiger partial charge >= 0.3 is 5.97 Å². The Morgan fingerprint density at radius 1 is 1.29 bits per heavy atom. The molecule has 3 rings (SSSR count). The largest absolute Gasteiger partial charge is 0.461 e. The van der Waals surface area contributed by atoms with Gasteiger partial charge in [-0.3, -0.25) is 4.79 Å². The first-order chi connectivity index (χ1) is 11.6. The highest BCUT2D eigenvalue weighted by Crippen LogP contribution is 2.14. The zero-order chi connectivity index (χ0) is 17.1. The molecule has 0 bridgehead atoms. The van der Waals surface area contributed by atoms with Gasteiger partial charge in [0.25, 0.3) is 5.78 Å². The van der Waals surface area contributed by atoms with Crippen LogP contribution < -0.4 is 0 Å². The molecule has 120 valence electrons. The van der Waals surface area contributed by atoms with E-state index in [0.29, 0.717) is 11.3 Å². The Bertz CT molecular complexity index is 938. The third kappa shape index (κ3) is 3.08. The topological polar surface area (TPSA) is 93.2 Å². The summed E-state index contributed by atoms with van der Waals surface area (Å²) in [5.41, 5.74) is 3.76. The summed E-state index contributed by atoms with van der Waals surface area (Å²) in [6.45, 7) is 3.88. The van der Waals surface area contributed by atoms with Crippen LogP contribution in [0.4, 0.5) is 0 Å². The van der Waals surface area contributed by atoms with Gasteiger partial charge in [-0.15, -0.1) is 0 Å². The van der Waals surface area contributed by atoms with Crippen LogP contribution in [0.25, 0.3) is 5.78 Å². The molecule has 3 aromatic rings. The van der Waals surface area contributed by atoms with Gasteiger partial charge in [-0.2, -0.15) is 15.3 Å². The molecule has 0 radical (unpaired) electrons. The van der Waals surface area contributed by atoms with Gasteiger partial charge in [0.1, 0.15) is 12.9 Å². The maximum absolute atomic E-state index is 12.1. The molecule has 0 saturated carbocycles. The third-order valence-corrected chi connectivity index (χ3v) is 3.79. The summed E-state index contributed by atoms with van der Waals surface area (Å²) in [5, 5.41) is 12.9. The van der Waals surface area contributed by atoms with Crippen LogP contribution in [-0.4, -0.2) is 25.6 Å². The summed E-state index contributed by atoms with van der Waals surface area (Å²) in [5.74, 6) is 0.173. The number of aryl methyl sites for hydroxylation is 2. The summed E-state index contributed by atoms with van der Waals surface area (Å²) in [6.07, 6.45) is 1.55. The lowest BCUT2D eigenvalue weighted by atomic mass is 10.1. The van der Waals surface area contributed by atoms with Crippen molar-refractivity contribution in [1.29, 1.82) is 5.26 Å². The normalized spacial score (nSPS) is 10.5. The molecule has 0 spiro atoms. The fraction of sp³-hybridized carbons (Fsp3) is 0.235. The number of carbonyl (C=O) groups is 1. The van der Waals surface area contributed by atoms with E-state index in [4.69, 9.17) is 10.00 Å². The molecule has 0 aliphatic rings. The molecule has 24 heavy (non-hydrogen) atoms. The molecule has 0 fully saturated rings. The van der Waals surface area contributed by atoms with Crippen LogP contribution in [0.15, 0.2) is 30.6 Å². The summed E-state index contributed by atoms with van der Waals surface area (Å²) in [4.78, 5) is 20.5. The van der Waals surface area contributed by atoms with Crippen molar-refractivity contribution in [3.8, 4) is 6.07 Å². The smallest absolute Gasteiger partial charge is 0.310 e. The first kappa shape index (κ1) is 15.6. The zero-order valence-corrected chi connectivity index (χ0v) is 13.4. The van der Waals surface area contributed by atoms with Crippen LogP contribution in [-0.2, 0) is 22.6 Å². The number of rotatable bonds is 4. The first-order valence-corrected chi connectivity index (χ1v) is 7.39. The van der Waals surface area contributed by atoms with E-state index >= 15 is 0 Å².